The van der Waals surface area contributed by atoms with Crippen molar-refractivity contribution in [2.24, 2.45) is 17.1 Å². The fourth-order valence-electron chi connectivity index (χ4n) is 3.18. The van der Waals surface area contributed by atoms with Crippen LogP contribution in [0.3, 0.4) is 0 Å². The van der Waals surface area contributed by atoms with Crippen molar-refractivity contribution < 1.29 is 0 Å². The molecule has 0 amide bonds. The summed E-state index contributed by atoms with van der Waals surface area (Å²) in [7, 11) is 2.28. The number of hydrogen-bond donors (Lipinski definition) is 1. The second-order valence-electron chi connectivity index (χ2n) is 7.00. The average molecular weight is 224 g/mol. The topological polar surface area (TPSA) is 29.3 Å². The van der Waals surface area contributed by atoms with Gasteiger partial charge in [0.25, 0.3) is 0 Å². The van der Waals surface area contributed by atoms with Crippen molar-refractivity contribution in [3.8, 4) is 0 Å². The van der Waals surface area contributed by atoms with Gasteiger partial charge in [0.1, 0.15) is 0 Å². The maximum Gasteiger partial charge on any atom is 0.0249 e. The second kappa shape index (κ2) is 4.30. The molecule has 0 radical (unpaired) electrons. The largest absolute Gasteiger partial charge is 0.326 e. The van der Waals surface area contributed by atoms with Gasteiger partial charge in [0, 0.05) is 18.1 Å². The van der Waals surface area contributed by atoms with E-state index >= 15 is 0 Å². The summed E-state index contributed by atoms with van der Waals surface area (Å²) in [5.41, 5.74) is 6.76. The number of nitrogens with zero attached hydrogens (tertiary/aromatic N) is 1. The third kappa shape index (κ3) is 2.60. The molecule has 0 aromatic rings. The molecule has 2 rings (SSSR count). The van der Waals surface area contributed by atoms with Crippen LogP contribution in [0.5, 0.6) is 0 Å². The van der Waals surface area contributed by atoms with Gasteiger partial charge in [-0.1, -0.05) is 20.8 Å². The zero-order valence-corrected chi connectivity index (χ0v) is 11.4. The Hall–Kier alpha value is -0.0800. The fraction of sp³-hybridized carbons (Fsp3) is 1.00. The van der Waals surface area contributed by atoms with Crippen molar-refractivity contribution in [1.82, 2.24) is 4.90 Å². The molecule has 94 valence electrons. The molecule has 0 aromatic carbocycles. The SMILES string of the molecule is CN(C1CC1)C1CC(C(C)(C)C)CCC1N. The lowest BCUT2D eigenvalue weighted by Gasteiger charge is -2.44. The first-order valence-corrected chi connectivity index (χ1v) is 6.87. The maximum absolute atomic E-state index is 6.31. The predicted octanol–water partition coefficient (Wildman–Crippen LogP) is 2.62. The Morgan fingerprint density at radius 3 is 2.19 bits per heavy atom. The minimum atomic E-state index is 0.407. The zero-order valence-electron chi connectivity index (χ0n) is 11.4. The number of likely N-dealkylation sites (N-methyl/N-ethyl adjacent to an activating group) is 1. The van der Waals surface area contributed by atoms with Gasteiger partial charge in [0.2, 0.25) is 0 Å². The predicted molar refractivity (Wildman–Crippen MR) is 69.3 cm³/mol. The molecule has 2 aliphatic carbocycles. The quantitative estimate of drug-likeness (QED) is 0.781. The van der Waals surface area contributed by atoms with Crippen LogP contribution in [0.1, 0.15) is 52.9 Å². The van der Waals surface area contributed by atoms with Crippen molar-refractivity contribution >= 4 is 0 Å². The molecule has 2 aliphatic rings. The number of rotatable bonds is 2. The molecule has 0 bridgehead atoms. The fourth-order valence-corrected chi connectivity index (χ4v) is 3.18. The summed E-state index contributed by atoms with van der Waals surface area (Å²) in [4.78, 5) is 2.57. The van der Waals surface area contributed by atoms with Gasteiger partial charge >= 0.3 is 0 Å². The van der Waals surface area contributed by atoms with Crippen molar-refractivity contribution in [2.75, 3.05) is 7.05 Å². The third-order valence-corrected chi connectivity index (χ3v) is 4.74. The van der Waals surface area contributed by atoms with E-state index in [9.17, 15) is 0 Å². The van der Waals surface area contributed by atoms with Crippen LogP contribution in [0.4, 0.5) is 0 Å². The minimum Gasteiger partial charge on any atom is -0.326 e. The Morgan fingerprint density at radius 1 is 1.06 bits per heavy atom. The summed E-state index contributed by atoms with van der Waals surface area (Å²) >= 11 is 0. The summed E-state index contributed by atoms with van der Waals surface area (Å²) in [6, 6.07) is 1.88. The molecule has 0 aromatic heterocycles. The molecule has 0 saturated heterocycles. The lowest BCUT2D eigenvalue weighted by atomic mass is 9.69. The molecule has 2 saturated carbocycles. The molecule has 2 N–H and O–H groups in total. The molecule has 16 heavy (non-hydrogen) atoms. The van der Waals surface area contributed by atoms with Crippen LogP contribution in [0.2, 0.25) is 0 Å². The van der Waals surface area contributed by atoms with Crippen molar-refractivity contribution in [2.45, 2.75) is 71.0 Å². The first kappa shape index (κ1) is 12.4. The molecule has 2 fully saturated rings. The van der Waals surface area contributed by atoms with Crippen LogP contribution in [0, 0.1) is 11.3 Å². The molecule has 3 atom stereocenters. The molecular weight excluding hydrogens is 196 g/mol. The normalized spacial score (nSPS) is 36.8. The van der Waals surface area contributed by atoms with E-state index in [0.29, 0.717) is 17.5 Å². The molecule has 2 heteroatoms. The molecule has 3 unspecified atom stereocenters. The van der Waals surface area contributed by atoms with Crippen LogP contribution in [-0.4, -0.2) is 30.1 Å². The van der Waals surface area contributed by atoms with Crippen LogP contribution in [0.25, 0.3) is 0 Å². The Labute approximate surface area is 101 Å². The van der Waals surface area contributed by atoms with Gasteiger partial charge in [-0.2, -0.15) is 0 Å². The lowest BCUT2D eigenvalue weighted by Crippen LogP contribution is -2.52. The molecule has 0 aliphatic heterocycles. The zero-order chi connectivity index (χ0) is 11.9. The van der Waals surface area contributed by atoms with Gasteiger partial charge in [-0.15, -0.1) is 0 Å². The monoisotopic (exact) mass is 224 g/mol. The summed E-state index contributed by atoms with van der Waals surface area (Å²) in [6.45, 7) is 7.13. The van der Waals surface area contributed by atoms with E-state index in [1.54, 1.807) is 0 Å². The van der Waals surface area contributed by atoms with E-state index in [-0.39, 0.29) is 0 Å². The number of nitrogens with two attached hydrogens (primary N) is 1. The van der Waals surface area contributed by atoms with E-state index in [0.717, 1.165) is 12.0 Å². The summed E-state index contributed by atoms with van der Waals surface area (Å²) < 4.78 is 0. The highest BCUT2D eigenvalue weighted by atomic mass is 15.2. The van der Waals surface area contributed by atoms with Gasteiger partial charge in [-0.25, -0.2) is 0 Å². The average Bonchev–Trinajstić information content (AvgIpc) is 2.98. The van der Waals surface area contributed by atoms with Crippen molar-refractivity contribution in [3.05, 3.63) is 0 Å². The Morgan fingerprint density at radius 2 is 1.69 bits per heavy atom. The Kier molecular flexibility index (Phi) is 3.33. The van der Waals surface area contributed by atoms with Crippen LogP contribution in [-0.2, 0) is 0 Å². The van der Waals surface area contributed by atoms with Gasteiger partial charge in [0.15, 0.2) is 0 Å². The van der Waals surface area contributed by atoms with Crippen LogP contribution >= 0.6 is 0 Å². The first-order valence-electron chi connectivity index (χ1n) is 6.87. The first-order chi connectivity index (χ1) is 7.39. The molecule has 0 spiro atoms. The summed E-state index contributed by atoms with van der Waals surface area (Å²) in [6.07, 6.45) is 6.61. The highest BCUT2D eigenvalue weighted by molar-refractivity contribution is 4.96. The van der Waals surface area contributed by atoms with E-state index < -0.39 is 0 Å². The number of hydrogen-bond acceptors (Lipinski definition) is 2. The minimum absolute atomic E-state index is 0.407. The van der Waals surface area contributed by atoms with E-state index in [2.05, 4.69) is 32.7 Å². The van der Waals surface area contributed by atoms with Gasteiger partial charge in [-0.05, 0) is 50.5 Å². The highest BCUT2D eigenvalue weighted by Crippen LogP contribution is 2.40. The Bertz CT molecular complexity index is 240. The van der Waals surface area contributed by atoms with Crippen molar-refractivity contribution in [3.63, 3.8) is 0 Å². The van der Waals surface area contributed by atoms with Gasteiger partial charge < -0.3 is 5.73 Å². The van der Waals surface area contributed by atoms with E-state index in [1.165, 1.54) is 32.1 Å². The second-order valence-corrected chi connectivity index (χ2v) is 7.00. The van der Waals surface area contributed by atoms with Crippen molar-refractivity contribution in [1.29, 1.82) is 0 Å². The highest BCUT2D eigenvalue weighted by Gasteiger charge is 2.40. The van der Waals surface area contributed by atoms with Crippen LogP contribution < -0.4 is 5.73 Å². The van der Waals surface area contributed by atoms with Gasteiger partial charge in [0.05, 0.1) is 0 Å². The van der Waals surface area contributed by atoms with Gasteiger partial charge in [-0.3, -0.25) is 4.90 Å². The van der Waals surface area contributed by atoms with Crippen LogP contribution in [0.15, 0.2) is 0 Å². The van der Waals surface area contributed by atoms with E-state index in [1.807, 2.05) is 0 Å². The smallest absolute Gasteiger partial charge is 0.0249 e. The maximum atomic E-state index is 6.31. The van der Waals surface area contributed by atoms with E-state index in [4.69, 9.17) is 5.73 Å². The summed E-state index contributed by atoms with van der Waals surface area (Å²) in [5.74, 6) is 0.846. The third-order valence-electron chi connectivity index (χ3n) is 4.74. The molecule has 2 nitrogen and oxygen atoms in total. The Balaban J connectivity index is 1.99. The molecule has 0 heterocycles. The standard InChI is InChI=1S/C14H28N2/c1-14(2,3)10-5-8-12(15)13(9-10)16(4)11-6-7-11/h10-13H,5-9,15H2,1-4H3. The lowest BCUT2D eigenvalue weighted by molar-refractivity contribution is 0.0802. The molecular formula is C14H28N2. The summed E-state index contributed by atoms with van der Waals surface area (Å²) in [5, 5.41) is 0.